The minimum Gasteiger partial charge on any atom is -0.347 e. The van der Waals surface area contributed by atoms with E-state index in [9.17, 15) is 14.4 Å². The third kappa shape index (κ3) is 7.99. The number of aldehydes is 1. The summed E-state index contributed by atoms with van der Waals surface area (Å²) >= 11 is 1.61. The largest absolute Gasteiger partial charge is 0.347 e. The SMILES string of the molecule is CSCC[C@@H](C=O)NC(=O)CNC(C)=O. The van der Waals surface area contributed by atoms with Crippen LogP contribution >= 0.6 is 11.8 Å². The molecule has 0 spiro atoms. The first kappa shape index (κ1) is 14.0. The standard InChI is InChI=1S/C9H16N2O3S/c1-7(13)10-5-9(14)11-8(6-12)3-4-15-2/h6,8H,3-5H2,1-2H3,(H,10,13)(H,11,14)/t8-/m0/s1. The number of thioether (sulfide) groups is 1. The smallest absolute Gasteiger partial charge is 0.239 e. The highest BCUT2D eigenvalue weighted by Gasteiger charge is 2.10. The minimum absolute atomic E-state index is 0.0844. The number of carbonyl (C=O) groups excluding carboxylic acids is 3. The molecule has 0 heterocycles. The van der Waals surface area contributed by atoms with Crippen molar-refractivity contribution in [1.29, 1.82) is 0 Å². The van der Waals surface area contributed by atoms with Gasteiger partial charge in [0.25, 0.3) is 0 Å². The molecule has 0 aromatic rings. The van der Waals surface area contributed by atoms with Crippen LogP contribution < -0.4 is 10.6 Å². The molecule has 0 aliphatic heterocycles. The molecule has 0 aliphatic rings. The van der Waals surface area contributed by atoms with Crippen molar-refractivity contribution in [2.45, 2.75) is 19.4 Å². The molecule has 2 N–H and O–H groups in total. The lowest BCUT2D eigenvalue weighted by Gasteiger charge is -2.11. The van der Waals surface area contributed by atoms with Crippen LogP contribution in [0.3, 0.4) is 0 Å². The number of nitrogens with one attached hydrogen (secondary N) is 2. The second kappa shape index (κ2) is 8.28. The normalized spacial score (nSPS) is 11.6. The molecule has 0 saturated carbocycles. The predicted molar refractivity (Wildman–Crippen MR) is 59.7 cm³/mol. The van der Waals surface area contributed by atoms with Gasteiger partial charge in [0.1, 0.15) is 6.29 Å². The van der Waals surface area contributed by atoms with Gasteiger partial charge in [0.15, 0.2) is 0 Å². The molecule has 0 rings (SSSR count). The zero-order chi connectivity index (χ0) is 11.7. The number of hydrogen-bond acceptors (Lipinski definition) is 4. The molecule has 15 heavy (non-hydrogen) atoms. The van der Waals surface area contributed by atoms with Crippen LogP contribution in [-0.2, 0) is 14.4 Å². The van der Waals surface area contributed by atoms with Crippen LogP contribution in [0.1, 0.15) is 13.3 Å². The van der Waals surface area contributed by atoms with E-state index in [2.05, 4.69) is 10.6 Å². The first-order valence-corrected chi connectivity index (χ1v) is 5.97. The molecule has 5 nitrogen and oxygen atoms in total. The highest BCUT2D eigenvalue weighted by atomic mass is 32.2. The Balaban J connectivity index is 3.79. The molecule has 6 heteroatoms. The van der Waals surface area contributed by atoms with Crippen LogP contribution in [0.4, 0.5) is 0 Å². The molecule has 0 unspecified atom stereocenters. The number of amides is 2. The Kier molecular flexibility index (Phi) is 7.71. The van der Waals surface area contributed by atoms with Crippen molar-refractivity contribution in [2.24, 2.45) is 0 Å². The van der Waals surface area contributed by atoms with Gasteiger partial charge in [0.2, 0.25) is 11.8 Å². The van der Waals surface area contributed by atoms with Gasteiger partial charge in [-0.2, -0.15) is 11.8 Å². The van der Waals surface area contributed by atoms with Crippen molar-refractivity contribution in [3.8, 4) is 0 Å². The first-order valence-electron chi connectivity index (χ1n) is 4.58. The second-order valence-corrected chi connectivity index (χ2v) is 3.99. The molecule has 0 bridgehead atoms. The number of hydrogen-bond donors (Lipinski definition) is 2. The summed E-state index contributed by atoms with van der Waals surface area (Å²) in [5.74, 6) is 0.199. The Labute approximate surface area is 93.4 Å². The summed E-state index contributed by atoms with van der Waals surface area (Å²) in [5, 5.41) is 4.88. The molecule has 0 aromatic carbocycles. The Morgan fingerprint density at radius 1 is 1.47 bits per heavy atom. The van der Waals surface area contributed by atoms with Gasteiger partial charge in [-0.25, -0.2) is 0 Å². The number of carbonyl (C=O) groups is 3. The average Bonchev–Trinajstić information content (AvgIpc) is 2.21. The van der Waals surface area contributed by atoms with E-state index in [0.717, 1.165) is 5.75 Å². The maximum atomic E-state index is 11.2. The fourth-order valence-electron chi connectivity index (χ4n) is 0.882. The second-order valence-electron chi connectivity index (χ2n) is 3.00. The quantitative estimate of drug-likeness (QED) is 0.583. The predicted octanol–water partition coefficient (Wildman–Crippen LogP) is -0.441. The van der Waals surface area contributed by atoms with Gasteiger partial charge in [-0.1, -0.05) is 0 Å². The maximum absolute atomic E-state index is 11.2. The van der Waals surface area contributed by atoms with E-state index >= 15 is 0 Å². The summed E-state index contributed by atoms with van der Waals surface area (Å²) in [6.45, 7) is 1.25. The molecule has 0 saturated heterocycles. The van der Waals surface area contributed by atoms with Crippen LogP contribution in [-0.4, -0.2) is 42.7 Å². The van der Waals surface area contributed by atoms with Crippen LogP contribution in [0.5, 0.6) is 0 Å². The molecule has 2 amide bonds. The fourth-order valence-corrected chi connectivity index (χ4v) is 1.37. The lowest BCUT2D eigenvalue weighted by Crippen LogP contribution is -2.42. The average molecular weight is 232 g/mol. The molecule has 0 aliphatic carbocycles. The Bertz CT molecular complexity index is 233. The summed E-state index contributed by atoms with van der Waals surface area (Å²) in [7, 11) is 0. The Morgan fingerprint density at radius 3 is 2.60 bits per heavy atom. The zero-order valence-corrected chi connectivity index (χ0v) is 9.73. The molecule has 0 radical (unpaired) electrons. The molecule has 1 atom stereocenters. The van der Waals surface area contributed by atoms with E-state index < -0.39 is 6.04 Å². The maximum Gasteiger partial charge on any atom is 0.239 e. The van der Waals surface area contributed by atoms with Crippen molar-refractivity contribution in [3.05, 3.63) is 0 Å². The molecular weight excluding hydrogens is 216 g/mol. The Morgan fingerprint density at radius 2 is 2.13 bits per heavy atom. The van der Waals surface area contributed by atoms with Crippen molar-refractivity contribution >= 4 is 29.9 Å². The van der Waals surface area contributed by atoms with Crippen molar-refractivity contribution in [2.75, 3.05) is 18.6 Å². The van der Waals surface area contributed by atoms with Crippen LogP contribution in [0.15, 0.2) is 0 Å². The van der Waals surface area contributed by atoms with Crippen molar-refractivity contribution in [1.82, 2.24) is 10.6 Å². The highest BCUT2D eigenvalue weighted by Crippen LogP contribution is 1.98. The molecule has 0 aromatic heterocycles. The van der Waals surface area contributed by atoms with E-state index in [0.29, 0.717) is 12.7 Å². The Hall–Kier alpha value is -1.04. The summed E-state index contributed by atoms with van der Waals surface area (Å²) in [5.41, 5.74) is 0. The lowest BCUT2D eigenvalue weighted by molar-refractivity contribution is -0.126. The van der Waals surface area contributed by atoms with Gasteiger partial charge in [0.05, 0.1) is 12.6 Å². The van der Waals surface area contributed by atoms with E-state index in [-0.39, 0.29) is 18.4 Å². The molecule has 86 valence electrons. The minimum atomic E-state index is -0.460. The molecule has 0 fully saturated rings. The summed E-state index contributed by atoms with van der Waals surface area (Å²) in [4.78, 5) is 32.3. The highest BCUT2D eigenvalue weighted by molar-refractivity contribution is 7.98. The van der Waals surface area contributed by atoms with Gasteiger partial charge in [-0.15, -0.1) is 0 Å². The lowest BCUT2D eigenvalue weighted by atomic mass is 10.2. The van der Waals surface area contributed by atoms with Gasteiger partial charge < -0.3 is 15.4 Å². The van der Waals surface area contributed by atoms with E-state index in [1.807, 2.05) is 6.26 Å². The number of rotatable bonds is 7. The van der Waals surface area contributed by atoms with Gasteiger partial charge in [-0.3, -0.25) is 9.59 Å². The third-order valence-corrected chi connectivity index (χ3v) is 2.29. The third-order valence-electron chi connectivity index (χ3n) is 1.64. The van der Waals surface area contributed by atoms with Gasteiger partial charge in [-0.05, 0) is 18.4 Å². The van der Waals surface area contributed by atoms with Crippen LogP contribution in [0, 0.1) is 0 Å². The summed E-state index contributed by atoms with van der Waals surface area (Å²) < 4.78 is 0. The first-order chi connectivity index (χ1) is 7.10. The van der Waals surface area contributed by atoms with Crippen LogP contribution in [0.2, 0.25) is 0 Å². The molecular formula is C9H16N2O3S. The van der Waals surface area contributed by atoms with E-state index in [1.165, 1.54) is 6.92 Å². The van der Waals surface area contributed by atoms with Crippen molar-refractivity contribution in [3.63, 3.8) is 0 Å². The topological polar surface area (TPSA) is 75.3 Å². The monoisotopic (exact) mass is 232 g/mol. The fraction of sp³-hybridized carbons (Fsp3) is 0.667. The van der Waals surface area contributed by atoms with E-state index in [1.54, 1.807) is 11.8 Å². The van der Waals surface area contributed by atoms with Crippen molar-refractivity contribution < 1.29 is 14.4 Å². The van der Waals surface area contributed by atoms with Gasteiger partial charge in [0, 0.05) is 6.92 Å². The summed E-state index contributed by atoms with van der Waals surface area (Å²) in [6, 6.07) is -0.460. The van der Waals surface area contributed by atoms with E-state index in [4.69, 9.17) is 0 Å². The van der Waals surface area contributed by atoms with Gasteiger partial charge >= 0.3 is 0 Å². The zero-order valence-electron chi connectivity index (χ0n) is 8.91. The summed E-state index contributed by atoms with van der Waals surface area (Å²) in [6.07, 6.45) is 3.25. The van der Waals surface area contributed by atoms with Crippen LogP contribution in [0.25, 0.3) is 0 Å².